The summed E-state index contributed by atoms with van der Waals surface area (Å²) in [5, 5.41) is 11.6. The van der Waals surface area contributed by atoms with Crippen molar-refractivity contribution in [3.8, 4) is 5.75 Å². The largest absolute Gasteiger partial charge is 0.508 e. The third-order valence-electron chi connectivity index (χ3n) is 1.67. The Hall–Kier alpha value is -1.22. The van der Waals surface area contributed by atoms with Crippen LogP contribution in [0.5, 0.6) is 5.75 Å². The van der Waals surface area contributed by atoms with Crippen LogP contribution in [0.2, 0.25) is 0 Å². The number of hydrogen-bond acceptors (Lipinski definition) is 2. The molecule has 0 aliphatic rings. The van der Waals surface area contributed by atoms with Gasteiger partial charge in [-0.05, 0) is 31.2 Å². The lowest BCUT2D eigenvalue weighted by molar-refractivity contribution is 0.0954. The molecule has 0 fully saturated rings. The van der Waals surface area contributed by atoms with Gasteiger partial charge < -0.3 is 10.4 Å². The molecule has 0 heterocycles. The number of carbonyl (C=O) groups excluding carboxylic acids is 1. The minimum Gasteiger partial charge on any atom is -0.508 e. The number of phenols is 1. The molecule has 0 spiro atoms. The molecule has 1 rings (SSSR count). The van der Waals surface area contributed by atoms with Crippen LogP contribution in [-0.4, -0.2) is 22.9 Å². The summed E-state index contributed by atoms with van der Waals surface area (Å²) < 4.78 is 0. The van der Waals surface area contributed by atoms with Gasteiger partial charge in [0, 0.05) is 17.5 Å². The van der Waals surface area contributed by atoms with Crippen LogP contribution in [0.15, 0.2) is 24.3 Å². The van der Waals surface area contributed by atoms with Crippen molar-refractivity contribution >= 4 is 17.5 Å². The number of hydrogen-bond donors (Lipinski definition) is 2. The quantitative estimate of drug-likeness (QED) is 0.752. The van der Waals surface area contributed by atoms with Crippen LogP contribution in [0.1, 0.15) is 17.3 Å². The zero-order chi connectivity index (χ0) is 10.6. The van der Waals surface area contributed by atoms with E-state index < -0.39 is 0 Å². The highest BCUT2D eigenvalue weighted by molar-refractivity contribution is 6.20. The number of phenolic OH excluding ortho intramolecular Hbond substituents is 1. The van der Waals surface area contributed by atoms with Crippen molar-refractivity contribution in [1.82, 2.24) is 5.32 Å². The van der Waals surface area contributed by atoms with Gasteiger partial charge in [-0.25, -0.2) is 0 Å². The van der Waals surface area contributed by atoms with Gasteiger partial charge in [-0.2, -0.15) is 0 Å². The fraction of sp³-hybridized carbons (Fsp3) is 0.300. The lowest BCUT2D eigenvalue weighted by Gasteiger charge is -2.06. The minimum absolute atomic E-state index is 0.0870. The van der Waals surface area contributed by atoms with Gasteiger partial charge in [0.25, 0.3) is 5.91 Å². The van der Waals surface area contributed by atoms with E-state index in [1.165, 1.54) is 12.1 Å². The molecule has 0 radical (unpaired) electrons. The van der Waals surface area contributed by atoms with Gasteiger partial charge in [-0.3, -0.25) is 4.79 Å². The number of benzene rings is 1. The average Bonchev–Trinajstić information content (AvgIpc) is 2.15. The van der Waals surface area contributed by atoms with Crippen LogP contribution in [0.4, 0.5) is 0 Å². The smallest absolute Gasteiger partial charge is 0.251 e. The molecule has 1 atom stereocenters. The Balaban J connectivity index is 2.57. The van der Waals surface area contributed by atoms with E-state index in [4.69, 9.17) is 16.7 Å². The molecular weight excluding hydrogens is 202 g/mol. The van der Waals surface area contributed by atoms with Crippen molar-refractivity contribution in [2.24, 2.45) is 0 Å². The maximum atomic E-state index is 11.4. The highest BCUT2D eigenvalue weighted by atomic mass is 35.5. The molecule has 3 nitrogen and oxygen atoms in total. The molecule has 0 aromatic heterocycles. The van der Waals surface area contributed by atoms with Crippen molar-refractivity contribution in [1.29, 1.82) is 0 Å². The summed E-state index contributed by atoms with van der Waals surface area (Å²) in [6.45, 7) is 2.24. The Kier molecular flexibility index (Phi) is 3.77. The molecule has 1 amide bonds. The van der Waals surface area contributed by atoms with E-state index in [1.807, 2.05) is 0 Å². The summed E-state index contributed by atoms with van der Waals surface area (Å²) in [7, 11) is 0. The highest BCUT2D eigenvalue weighted by Crippen LogP contribution is 2.09. The number of carbonyl (C=O) groups is 1. The zero-order valence-electron chi connectivity index (χ0n) is 7.83. The Labute approximate surface area is 87.7 Å². The lowest BCUT2D eigenvalue weighted by Crippen LogP contribution is -2.28. The van der Waals surface area contributed by atoms with Crippen molar-refractivity contribution < 1.29 is 9.90 Å². The van der Waals surface area contributed by atoms with Gasteiger partial charge in [0.2, 0.25) is 0 Å². The van der Waals surface area contributed by atoms with E-state index in [0.29, 0.717) is 12.1 Å². The second-order valence-electron chi connectivity index (χ2n) is 3.04. The fourth-order valence-corrected chi connectivity index (χ4v) is 1.03. The van der Waals surface area contributed by atoms with E-state index >= 15 is 0 Å². The normalized spacial score (nSPS) is 12.1. The predicted octanol–water partition coefficient (Wildman–Crippen LogP) is 1.75. The average molecular weight is 214 g/mol. The number of amides is 1. The molecular formula is C10H12ClNO2. The summed E-state index contributed by atoms with van der Waals surface area (Å²) >= 11 is 5.68. The first-order chi connectivity index (χ1) is 6.59. The van der Waals surface area contributed by atoms with Crippen molar-refractivity contribution in [2.45, 2.75) is 12.3 Å². The van der Waals surface area contributed by atoms with Crippen LogP contribution in [0.25, 0.3) is 0 Å². The van der Waals surface area contributed by atoms with Gasteiger partial charge in [-0.1, -0.05) is 0 Å². The van der Waals surface area contributed by atoms with Crippen LogP contribution >= 0.6 is 11.6 Å². The zero-order valence-corrected chi connectivity index (χ0v) is 8.58. The third kappa shape index (κ3) is 3.26. The Morgan fingerprint density at radius 1 is 1.50 bits per heavy atom. The van der Waals surface area contributed by atoms with Gasteiger partial charge in [0.1, 0.15) is 5.75 Å². The molecule has 14 heavy (non-hydrogen) atoms. The SMILES string of the molecule is CC(Cl)CNC(=O)c1ccc(O)cc1. The van der Waals surface area contributed by atoms with E-state index in [9.17, 15) is 4.79 Å². The Bertz CT molecular complexity index is 308. The highest BCUT2D eigenvalue weighted by Gasteiger charge is 2.05. The second-order valence-corrected chi connectivity index (χ2v) is 3.78. The molecule has 76 valence electrons. The summed E-state index contributed by atoms with van der Waals surface area (Å²) in [5.74, 6) is -0.0373. The minimum atomic E-state index is -0.183. The number of halogens is 1. The van der Waals surface area contributed by atoms with Crippen LogP contribution < -0.4 is 5.32 Å². The van der Waals surface area contributed by atoms with Crippen molar-refractivity contribution in [2.75, 3.05) is 6.54 Å². The third-order valence-corrected chi connectivity index (χ3v) is 1.83. The van der Waals surface area contributed by atoms with E-state index in [2.05, 4.69) is 5.32 Å². The molecule has 1 unspecified atom stereocenters. The molecule has 1 aromatic rings. The molecule has 2 N–H and O–H groups in total. The molecule has 0 bridgehead atoms. The molecule has 4 heteroatoms. The Morgan fingerprint density at radius 2 is 2.07 bits per heavy atom. The number of alkyl halides is 1. The molecule has 0 aliphatic carbocycles. The van der Waals surface area contributed by atoms with Crippen molar-refractivity contribution in [3.05, 3.63) is 29.8 Å². The molecule has 0 aliphatic heterocycles. The number of aromatic hydroxyl groups is 1. The monoisotopic (exact) mass is 213 g/mol. The summed E-state index contributed by atoms with van der Waals surface area (Å²) in [6, 6.07) is 6.06. The molecule has 0 saturated carbocycles. The van der Waals surface area contributed by atoms with E-state index in [-0.39, 0.29) is 17.0 Å². The predicted molar refractivity (Wildman–Crippen MR) is 55.8 cm³/mol. The fourth-order valence-electron chi connectivity index (χ4n) is 0.948. The van der Waals surface area contributed by atoms with Gasteiger partial charge in [0.15, 0.2) is 0 Å². The van der Waals surface area contributed by atoms with Gasteiger partial charge >= 0.3 is 0 Å². The number of rotatable bonds is 3. The van der Waals surface area contributed by atoms with Crippen molar-refractivity contribution in [3.63, 3.8) is 0 Å². The van der Waals surface area contributed by atoms with Gasteiger partial charge in [0.05, 0.1) is 0 Å². The van der Waals surface area contributed by atoms with E-state index in [0.717, 1.165) is 0 Å². The summed E-state index contributed by atoms with van der Waals surface area (Å²) in [5.41, 5.74) is 0.514. The van der Waals surface area contributed by atoms with E-state index in [1.54, 1.807) is 19.1 Å². The van der Waals surface area contributed by atoms with Crippen LogP contribution in [0.3, 0.4) is 0 Å². The number of nitrogens with one attached hydrogen (secondary N) is 1. The molecule has 0 saturated heterocycles. The first kappa shape index (κ1) is 10.9. The maximum Gasteiger partial charge on any atom is 0.251 e. The van der Waals surface area contributed by atoms with Crippen LogP contribution in [-0.2, 0) is 0 Å². The summed E-state index contributed by atoms with van der Waals surface area (Å²) in [6.07, 6.45) is 0. The standard InChI is InChI=1S/C10H12ClNO2/c1-7(11)6-12-10(14)8-2-4-9(13)5-3-8/h2-5,7,13H,6H2,1H3,(H,12,14). The van der Waals surface area contributed by atoms with Gasteiger partial charge in [-0.15, -0.1) is 11.6 Å². The first-order valence-corrected chi connectivity index (χ1v) is 4.74. The first-order valence-electron chi connectivity index (χ1n) is 4.31. The second kappa shape index (κ2) is 4.86. The Morgan fingerprint density at radius 3 is 2.57 bits per heavy atom. The summed E-state index contributed by atoms with van der Waals surface area (Å²) in [4.78, 5) is 11.4. The lowest BCUT2D eigenvalue weighted by atomic mass is 10.2. The van der Waals surface area contributed by atoms with Crippen LogP contribution in [0, 0.1) is 0 Å². The maximum absolute atomic E-state index is 11.4. The topological polar surface area (TPSA) is 49.3 Å². The molecule has 1 aromatic carbocycles.